The van der Waals surface area contributed by atoms with Gasteiger partial charge >= 0.3 is 0 Å². The minimum atomic E-state index is 0. The summed E-state index contributed by atoms with van der Waals surface area (Å²) in [5, 5.41) is 12.1. The summed E-state index contributed by atoms with van der Waals surface area (Å²) in [6, 6.07) is 0. The molecule has 0 aromatic carbocycles. The Morgan fingerprint density at radius 3 is 2.50 bits per heavy atom. The molecule has 1 aliphatic rings. The lowest BCUT2D eigenvalue weighted by Gasteiger charge is -2.27. The minimum Gasteiger partial charge on any atom is -0.396 e. The Morgan fingerprint density at radius 2 is 2.00 bits per heavy atom. The van der Waals surface area contributed by atoms with Gasteiger partial charge < -0.3 is 10.4 Å². The van der Waals surface area contributed by atoms with E-state index in [-0.39, 0.29) is 12.4 Å². The van der Waals surface area contributed by atoms with Gasteiger partial charge in [-0.1, -0.05) is 6.92 Å². The fourth-order valence-corrected chi connectivity index (χ4v) is 1.85. The quantitative estimate of drug-likeness (QED) is 0.711. The molecule has 2 nitrogen and oxygen atoms in total. The summed E-state index contributed by atoms with van der Waals surface area (Å²) in [6.07, 6.45) is 3.56. The molecule has 0 amide bonds. The maximum atomic E-state index is 8.75. The number of piperidine rings is 1. The average Bonchev–Trinajstić information content (AvgIpc) is 2.07. The second-order valence-electron chi connectivity index (χ2n) is 3.58. The predicted octanol–water partition coefficient (Wildman–Crippen LogP) is 1.43. The molecule has 3 heteroatoms. The van der Waals surface area contributed by atoms with E-state index in [1.165, 1.54) is 25.9 Å². The summed E-state index contributed by atoms with van der Waals surface area (Å²) in [5.74, 6) is 1.56. The van der Waals surface area contributed by atoms with E-state index in [9.17, 15) is 0 Å². The molecule has 1 aliphatic heterocycles. The fraction of sp³-hybridized carbons (Fsp3) is 1.00. The maximum Gasteiger partial charge on any atom is 0.0433 e. The van der Waals surface area contributed by atoms with Gasteiger partial charge in [-0.25, -0.2) is 0 Å². The molecule has 0 aromatic heterocycles. The molecule has 2 N–H and O–H groups in total. The van der Waals surface area contributed by atoms with Gasteiger partial charge in [-0.15, -0.1) is 12.4 Å². The van der Waals surface area contributed by atoms with Crippen LogP contribution in [-0.4, -0.2) is 24.8 Å². The lowest BCUT2D eigenvalue weighted by atomic mass is 9.84. The van der Waals surface area contributed by atoms with Gasteiger partial charge in [0.25, 0.3) is 0 Å². The number of halogens is 1. The van der Waals surface area contributed by atoms with Gasteiger partial charge in [-0.05, 0) is 44.2 Å². The first-order chi connectivity index (χ1) is 5.34. The van der Waals surface area contributed by atoms with E-state index in [2.05, 4.69) is 12.2 Å². The van der Waals surface area contributed by atoms with Crippen LogP contribution in [0.5, 0.6) is 0 Å². The normalized spacial score (nSPS) is 21.5. The molecule has 0 aliphatic carbocycles. The number of hydrogen-bond donors (Lipinski definition) is 2. The summed E-state index contributed by atoms with van der Waals surface area (Å²) < 4.78 is 0. The van der Waals surface area contributed by atoms with Crippen LogP contribution in [0, 0.1) is 11.8 Å². The van der Waals surface area contributed by atoms with Crippen LogP contribution in [-0.2, 0) is 0 Å². The second-order valence-corrected chi connectivity index (χ2v) is 3.58. The van der Waals surface area contributed by atoms with Crippen LogP contribution >= 0.6 is 12.4 Å². The Bertz CT molecular complexity index is 105. The van der Waals surface area contributed by atoms with E-state index in [1.54, 1.807) is 0 Å². The van der Waals surface area contributed by atoms with E-state index in [1.807, 2.05) is 0 Å². The highest BCUT2D eigenvalue weighted by molar-refractivity contribution is 5.85. The summed E-state index contributed by atoms with van der Waals surface area (Å²) in [7, 11) is 0. The predicted molar refractivity (Wildman–Crippen MR) is 53.7 cm³/mol. The van der Waals surface area contributed by atoms with Crippen molar-refractivity contribution < 1.29 is 5.11 Å². The van der Waals surface area contributed by atoms with E-state index < -0.39 is 0 Å². The van der Waals surface area contributed by atoms with Crippen molar-refractivity contribution in [2.24, 2.45) is 11.8 Å². The van der Waals surface area contributed by atoms with Crippen LogP contribution in [0.2, 0.25) is 0 Å². The largest absolute Gasteiger partial charge is 0.396 e. The monoisotopic (exact) mass is 193 g/mol. The Kier molecular flexibility index (Phi) is 6.81. The van der Waals surface area contributed by atoms with Crippen molar-refractivity contribution in [2.75, 3.05) is 19.7 Å². The molecule has 1 fully saturated rings. The molecule has 12 heavy (non-hydrogen) atoms. The van der Waals surface area contributed by atoms with Gasteiger partial charge in [0.1, 0.15) is 0 Å². The highest BCUT2D eigenvalue weighted by atomic mass is 35.5. The van der Waals surface area contributed by atoms with Gasteiger partial charge in [0, 0.05) is 6.61 Å². The smallest absolute Gasteiger partial charge is 0.0433 e. The summed E-state index contributed by atoms with van der Waals surface area (Å²) in [5.41, 5.74) is 0. The first kappa shape index (κ1) is 12.2. The maximum absolute atomic E-state index is 8.75. The summed E-state index contributed by atoms with van der Waals surface area (Å²) in [4.78, 5) is 0. The molecule has 0 bridgehead atoms. The van der Waals surface area contributed by atoms with Crippen molar-refractivity contribution in [2.45, 2.75) is 26.2 Å². The summed E-state index contributed by atoms with van der Waals surface area (Å²) in [6.45, 7) is 4.94. The third-order valence-electron chi connectivity index (χ3n) is 2.77. The third-order valence-corrected chi connectivity index (χ3v) is 2.77. The van der Waals surface area contributed by atoms with Crippen molar-refractivity contribution in [3.8, 4) is 0 Å². The topological polar surface area (TPSA) is 32.3 Å². The molecule has 0 radical (unpaired) electrons. The lowest BCUT2D eigenvalue weighted by Crippen LogP contribution is -2.31. The SMILES string of the molecule is C[C@H](CCO)C1CCNCC1.Cl. The highest BCUT2D eigenvalue weighted by Gasteiger charge is 2.18. The van der Waals surface area contributed by atoms with Crippen LogP contribution in [0.4, 0.5) is 0 Å². The van der Waals surface area contributed by atoms with Crippen molar-refractivity contribution in [3.63, 3.8) is 0 Å². The van der Waals surface area contributed by atoms with Gasteiger partial charge in [0.2, 0.25) is 0 Å². The van der Waals surface area contributed by atoms with Crippen LogP contribution in [0.25, 0.3) is 0 Å². The Morgan fingerprint density at radius 1 is 1.42 bits per heavy atom. The molecule has 0 unspecified atom stereocenters. The first-order valence-corrected chi connectivity index (χ1v) is 4.66. The standard InChI is InChI=1S/C9H19NO.ClH/c1-8(4-7-11)9-2-5-10-6-3-9;/h8-11H,2-7H2,1H3;1H/t8-;/m1./s1. The number of nitrogens with one attached hydrogen (secondary N) is 1. The zero-order chi connectivity index (χ0) is 8.10. The Hall–Kier alpha value is 0.210. The van der Waals surface area contributed by atoms with Crippen molar-refractivity contribution >= 4 is 12.4 Å². The van der Waals surface area contributed by atoms with Crippen LogP contribution < -0.4 is 5.32 Å². The number of hydrogen-bond acceptors (Lipinski definition) is 2. The molecular weight excluding hydrogens is 174 g/mol. The molecule has 1 heterocycles. The van der Waals surface area contributed by atoms with Crippen molar-refractivity contribution in [1.29, 1.82) is 0 Å². The molecule has 1 atom stereocenters. The van der Waals surface area contributed by atoms with Crippen LogP contribution in [0.15, 0.2) is 0 Å². The summed E-state index contributed by atoms with van der Waals surface area (Å²) >= 11 is 0. The molecule has 0 spiro atoms. The molecular formula is C9H20ClNO. The lowest BCUT2D eigenvalue weighted by molar-refractivity contribution is 0.204. The number of rotatable bonds is 3. The highest BCUT2D eigenvalue weighted by Crippen LogP contribution is 2.23. The van der Waals surface area contributed by atoms with Gasteiger partial charge in [-0.2, -0.15) is 0 Å². The van der Waals surface area contributed by atoms with Gasteiger partial charge in [0.05, 0.1) is 0 Å². The second kappa shape index (κ2) is 6.70. The molecule has 1 rings (SSSR count). The fourth-order valence-electron chi connectivity index (χ4n) is 1.85. The van der Waals surface area contributed by atoms with Crippen molar-refractivity contribution in [1.82, 2.24) is 5.32 Å². The van der Waals surface area contributed by atoms with Gasteiger partial charge in [-0.3, -0.25) is 0 Å². The van der Waals surface area contributed by atoms with E-state index >= 15 is 0 Å². The Balaban J connectivity index is 0.00000121. The van der Waals surface area contributed by atoms with E-state index in [4.69, 9.17) is 5.11 Å². The van der Waals surface area contributed by atoms with Crippen LogP contribution in [0.1, 0.15) is 26.2 Å². The van der Waals surface area contributed by atoms with E-state index in [0.717, 1.165) is 12.3 Å². The number of aliphatic hydroxyl groups excluding tert-OH is 1. The third kappa shape index (κ3) is 3.74. The van der Waals surface area contributed by atoms with Gasteiger partial charge in [0.15, 0.2) is 0 Å². The molecule has 0 aromatic rings. The minimum absolute atomic E-state index is 0. The number of aliphatic hydroxyl groups is 1. The first-order valence-electron chi connectivity index (χ1n) is 4.66. The zero-order valence-corrected chi connectivity index (χ0v) is 8.57. The Labute approximate surface area is 81.2 Å². The van der Waals surface area contributed by atoms with Crippen molar-refractivity contribution in [3.05, 3.63) is 0 Å². The average molecular weight is 194 g/mol. The molecule has 1 saturated heterocycles. The molecule has 0 saturated carbocycles. The van der Waals surface area contributed by atoms with E-state index in [0.29, 0.717) is 12.5 Å². The van der Waals surface area contributed by atoms with Crippen LogP contribution in [0.3, 0.4) is 0 Å². The zero-order valence-electron chi connectivity index (χ0n) is 7.75. The molecule has 74 valence electrons.